The Hall–Kier alpha value is -0.590. The van der Waals surface area contributed by atoms with Gasteiger partial charge in [0.25, 0.3) is 0 Å². The zero-order chi connectivity index (χ0) is 14.7. The van der Waals surface area contributed by atoms with E-state index in [1.807, 2.05) is 0 Å². The number of thioether (sulfide) groups is 1. The van der Waals surface area contributed by atoms with E-state index in [0.29, 0.717) is 5.17 Å². The first-order chi connectivity index (χ1) is 8.66. The lowest BCUT2D eigenvalue weighted by atomic mass is 9.91. The van der Waals surface area contributed by atoms with Crippen molar-refractivity contribution in [2.24, 2.45) is 26.1 Å². The predicted molar refractivity (Wildman–Crippen MR) is 84.1 cm³/mol. The average molecular weight is 305 g/mol. The summed E-state index contributed by atoms with van der Waals surface area (Å²) in [5, 5.41) is 22.3. The minimum atomic E-state index is -0.579. The van der Waals surface area contributed by atoms with E-state index in [1.165, 1.54) is 11.8 Å². The van der Waals surface area contributed by atoms with E-state index >= 15 is 0 Å². The van der Waals surface area contributed by atoms with Gasteiger partial charge in [-0.15, -0.1) is 10.2 Å². The maximum absolute atomic E-state index is 9.17. The van der Waals surface area contributed by atoms with Gasteiger partial charge >= 0.3 is 0 Å². The molecule has 0 aromatic heterocycles. The molecule has 0 atom stereocenters. The molecule has 0 bridgehead atoms. The molecule has 5 nitrogen and oxygen atoms in total. The van der Waals surface area contributed by atoms with Gasteiger partial charge < -0.3 is 5.11 Å². The summed E-state index contributed by atoms with van der Waals surface area (Å²) in [7, 11) is 0. The molecule has 1 aliphatic heterocycles. The number of amidine groups is 1. The molecule has 1 heterocycles. The highest BCUT2D eigenvalue weighted by Gasteiger charge is 2.24. The van der Waals surface area contributed by atoms with Crippen LogP contribution in [0.4, 0.5) is 0 Å². The maximum Gasteiger partial charge on any atom is 0.203 e. The van der Waals surface area contributed by atoms with Gasteiger partial charge in [-0.05, 0) is 0 Å². The number of hydrogen-bond donors (Lipinski definition) is 2. The SMILES string of the molecule is CC(C)(C)C1=NN/C(=N\N=C(/Cl)C(C)(C)CO)SC1. The van der Waals surface area contributed by atoms with Crippen LogP contribution in [0.2, 0.25) is 0 Å². The second-order valence-electron chi connectivity index (χ2n) is 6.05. The molecule has 7 heteroatoms. The number of halogens is 1. The topological polar surface area (TPSA) is 69.3 Å². The maximum atomic E-state index is 9.17. The molecule has 0 unspecified atom stereocenters. The molecule has 0 saturated carbocycles. The number of nitrogens with zero attached hydrogens (tertiary/aromatic N) is 3. The van der Waals surface area contributed by atoms with Gasteiger partial charge in [-0.25, -0.2) is 0 Å². The van der Waals surface area contributed by atoms with Crippen LogP contribution in [0.15, 0.2) is 15.3 Å². The molecule has 19 heavy (non-hydrogen) atoms. The molecule has 0 aromatic carbocycles. The largest absolute Gasteiger partial charge is 0.395 e. The molecule has 0 spiro atoms. The Bertz CT molecular complexity index is 424. The van der Waals surface area contributed by atoms with Crippen LogP contribution in [0.5, 0.6) is 0 Å². The third kappa shape index (κ3) is 4.78. The average Bonchev–Trinajstić information content (AvgIpc) is 2.35. The second kappa shape index (κ2) is 6.24. The standard InChI is InChI=1S/C12H21ClN4OS/c1-11(2,3)8-6-19-10(16-14-8)17-15-9(13)12(4,5)7-18/h18H,6-7H2,1-5H3,(H,16,17)/b15-9-. The van der Waals surface area contributed by atoms with E-state index in [0.717, 1.165) is 11.5 Å². The highest BCUT2D eigenvalue weighted by Crippen LogP contribution is 2.23. The van der Waals surface area contributed by atoms with Gasteiger partial charge in [0.2, 0.25) is 5.17 Å². The Labute approximate surface area is 123 Å². The van der Waals surface area contributed by atoms with Crippen LogP contribution in [-0.4, -0.2) is 33.5 Å². The Kier molecular flexibility index (Phi) is 5.41. The van der Waals surface area contributed by atoms with Crippen LogP contribution in [0.3, 0.4) is 0 Å². The van der Waals surface area contributed by atoms with Crippen molar-refractivity contribution in [1.29, 1.82) is 0 Å². The van der Waals surface area contributed by atoms with E-state index < -0.39 is 5.41 Å². The summed E-state index contributed by atoms with van der Waals surface area (Å²) in [5.41, 5.74) is 3.43. The summed E-state index contributed by atoms with van der Waals surface area (Å²) in [6, 6.07) is 0. The molecule has 2 N–H and O–H groups in total. The van der Waals surface area contributed by atoms with Crippen LogP contribution >= 0.6 is 23.4 Å². The predicted octanol–water partition coefficient (Wildman–Crippen LogP) is 2.65. The molecule has 108 valence electrons. The van der Waals surface area contributed by atoms with Crippen LogP contribution in [0, 0.1) is 10.8 Å². The van der Waals surface area contributed by atoms with Gasteiger partial charge in [0.15, 0.2) is 0 Å². The van der Waals surface area contributed by atoms with Crippen molar-refractivity contribution in [1.82, 2.24) is 5.43 Å². The van der Waals surface area contributed by atoms with Crippen molar-refractivity contribution in [3.8, 4) is 0 Å². The molecule has 0 radical (unpaired) electrons. The number of hydrogen-bond acceptors (Lipinski definition) is 5. The number of nitrogens with one attached hydrogen (secondary N) is 1. The van der Waals surface area contributed by atoms with E-state index in [9.17, 15) is 0 Å². The Morgan fingerprint density at radius 1 is 1.42 bits per heavy atom. The van der Waals surface area contributed by atoms with Gasteiger partial charge in [-0.1, -0.05) is 58.0 Å². The van der Waals surface area contributed by atoms with Crippen LogP contribution < -0.4 is 5.43 Å². The normalized spacial score (nSPS) is 20.3. The number of hydrazone groups is 1. The fourth-order valence-electron chi connectivity index (χ4n) is 1.04. The highest BCUT2D eigenvalue weighted by molar-refractivity contribution is 8.14. The molecule has 1 aliphatic rings. The van der Waals surface area contributed by atoms with Crippen LogP contribution in [0.1, 0.15) is 34.6 Å². The number of rotatable bonds is 3. The fraction of sp³-hybridized carbons (Fsp3) is 0.750. The second-order valence-corrected chi connectivity index (χ2v) is 7.37. The summed E-state index contributed by atoms with van der Waals surface area (Å²) in [6.45, 7) is 9.89. The van der Waals surface area contributed by atoms with Crippen molar-refractivity contribution in [3.63, 3.8) is 0 Å². The lowest BCUT2D eigenvalue weighted by Crippen LogP contribution is -2.32. The summed E-state index contributed by atoms with van der Waals surface area (Å²) >= 11 is 7.54. The first-order valence-electron chi connectivity index (χ1n) is 6.05. The molecular weight excluding hydrogens is 284 g/mol. The number of aliphatic hydroxyl groups is 1. The molecule has 0 fully saturated rings. The van der Waals surface area contributed by atoms with Crippen molar-refractivity contribution in [2.45, 2.75) is 34.6 Å². The Balaban J connectivity index is 2.74. The molecule has 1 rings (SSSR count). The first-order valence-corrected chi connectivity index (χ1v) is 7.41. The minimum Gasteiger partial charge on any atom is -0.395 e. The van der Waals surface area contributed by atoms with E-state index in [4.69, 9.17) is 16.7 Å². The third-order valence-corrected chi connectivity index (χ3v) is 4.13. The first kappa shape index (κ1) is 16.5. The van der Waals surface area contributed by atoms with Gasteiger partial charge in [0.1, 0.15) is 5.17 Å². The van der Waals surface area contributed by atoms with Crippen LogP contribution in [0.25, 0.3) is 0 Å². The van der Waals surface area contributed by atoms with Gasteiger partial charge in [-0.2, -0.15) is 5.10 Å². The van der Waals surface area contributed by atoms with Gasteiger partial charge in [0, 0.05) is 16.6 Å². The zero-order valence-electron chi connectivity index (χ0n) is 12.0. The summed E-state index contributed by atoms with van der Waals surface area (Å²) in [4.78, 5) is 0. The third-order valence-electron chi connectivity index (χ3n) is 2.68. The molecule has 0 saturated heterocycles. The molecule has 0 aliphatic carbocycles. The van der Waals surface area contributed by atoms with E-state index in [2.05, 4.69) is 41.5 Å². The van der Waals surface area contributed by atoms with Crippen molar-refractivity contribution >= 4 is 39.4 Å². The smallest absolute Gasteiger partial charge is 0.203 e. The number of aliphatic hydroxyl groups excluding tert-OH is 1. The van der Waals surface area contributed by atoms with Crippen molar-refractivity contribution in [2.75, 3.05) is 12.4 Å². The monoisotopic (exact) mass is 304 g/mol. The lowest BCUT2D eigenvalue weighted by molar-refractivity contribution is 0.215. The Morgan fingerprint density at radius 3 is 2.47 bits per heavy atom. The zero-order valence-corrected chi connectivity index (χ0v) is 13.6. The van der Waals surface area contributed by atoms with Crippen molar-refractivity contribution < 1.29 is 5.11 Å². The summed E-state index contributed by atoms with van der Waals surface area (Å²) < 4.78 is 0. The van der Waals surface area contributed by atoms with E-state index in [-0.39, 0.29) is 17.2 Å². The molecular formula is C12H21ClN4OS. The molecule has 0 amide bonds. The molecule has 0 aromatic rings. The van der Waals surface area contributed by atoms with Crippen LogP contribution in [-0.2, 0) is 0 Å². The minimum absolute atomic E-state index is 0.0469. The van der Waals surface area contributed by atoms with Gasteiger partial charge in [-0.3, -0.25) is 5.43 Å². The quantitative estimate of drug-likeness (QED) is 0.622. The Morgan fingerprint density at radius 2 is 2.05 bits per heavy atom. The fourth-order valence-corrected chi connectivity index (χ4v) is 2.12. The van der Waals surface area contributed by atoms with Gasteiger partial charge in [0.05, 0.1) is 12.3 Å². The van der Waals surface area contributed by atoms with E-state index in [1.54, 1.807) is 13.8 Å². The summed E-state index contributed by atoms with van der Waals surface area (Å²) in [5.74, 6) is 0.784. The summed E-state index contributed by atoms with van der Waals surface area (Å²) in [6.07, 6.45) is 0. The highest BCUT2D eigenvalue weighted by atomic mass is 35.5. The lowest BCUT2D eigenvalue weighted by Gasteiger charge is -2.24. The van der Waals surface area contributed by atoms with Crippen molar-refractivity contribution in [3.05, 3.63) is 0 Å².